The van der Waals surface area contributed by atoms with Gasteiger partial charge in [-0.2, -0.15) is 0 Å². The fourth-order valence-electron chi connectivity index (χ4n) is 5.23. The van der Waals surface area contributed by atoms with Crippen molar-refractivity contribution in [1.82, 2.24) is 9.88 Å². The third-order valence-corrected chi connectivity index (χ3v) is 6.72. The van der Waals surface area contributed by atoms with Gasteiger partial charge in [-0.15, -0.1) is 0 Å². The summed E-state index contributed by atoms with van der Waals surface area (Å²) in [5.74, 6) is 2.27. The zero-order chi connectivity index (χ0) is 22.3. The Morgan fingerprint density at radius 2 is 1.84 bits per heavy atom. The van der Waals surface area contributed by atoms with Crippen LogP contribution in [-0.2, 0) is 13.1 Å². The summed E-state index contributed by atoms with van der Waals surface area (Å²) in [7, 11) is 0. The molecule has 0 radical (unpaired) electrons. The number of hydrogen-bond acceptors (Lipinski definition) is 4. The number of pyridine rings is 1. The van der Waals surface area contributed by atoms with Gasteiger partial charge in [0.15, 0.2) is 5.72 Å². The fraction of sp³-hybridized carbons (Fsp3) is 0.393. The van der Waals surface area contributed by atoms with Gasteiger partial charge in [0.2, 0.25) is 0 Å². The number of rotatable bonds is 6. The molecule has 0 amide bonds. The van der Waals surface area contributed by atoms with Crippen molar-refractivity contribution in [2.75, 3.05) is 0 Å². The second kappa shape index (κ2) is 8.25. The molecule has 0 fully saturated rings. The zero-order valence-corrected chi connectivity index (χ0v) is 19.5. The zero-order valence-electron chi connectivity index (χ0n) is 19.5. The van der Waals surface area contributed by atoms with Crippen molar-refractivity contribution in [3.63, 3.8) is 0 Å². The van der Waals surface area contributed by atoms with E-state index < -0.39 is 5.72 Å². The molecule has 2 aliphatic heterocycles. The van der Waals surface area contributed by atoms with E-state index in [-0.39, 0.29) is 6.10 Å². The molecule has 0 spiro atoms. The van der Waals surface area contributed by atoms with E-state index in [1.165, 1.54) is 16.7 Å². The Kier molecular flexibility index (Phi) is 5.42. The summed E-state index contributed by atoms with van der Waals surface area (Å²) >= 11 is 0. The topological polar surface area (TPSA) is 34.6 Å². The monoisotopic (exact) mass is 428 g/mol. The van der Waals surface area contributed by atoms with Crippen molar-refractivity contribution in [3.8, 4) is 22.6 Å². The molecule has 4 heteroatoms. The number of nitrogens with zero attached hydrogens (tertiary/aromatic N) is 2. The van der Waals surface area contributed by atoms with Crippen molar-refractivity contribution in [2.24, 2.45) is 5.92 Å². The molecule has 0 saturated carbocycles. The number of benzene rings is 2. The van der Waals surface area contributed by atoms with E-state index >= 15 is 0 Å². The molecule has 2 aromatic carbocycles. The second-order valence-corrected chi connectivity index (χ2v) is 9.64. The predicted octanol–water partition coefficient (Wildman–Crippen LogP) is 6.75. The van der Waals surface area contributed by atoms with Gasteiger partial charge in [0.05, 0.1) is 0 Å². The molecular weight excluding hydrogens is 396 g/mol. The highest BCUT2D eigenvalue weighted by molar-refractivity contribution is 5.76. The molecule has 1 unspecified atom stereocenters. The summed E-state index contributed by atoms with van der Waals surface area (Å²) in [6, 6.07) is 17.1. The summed E-state index contributed by atoms with van der Waals surface area (Å²) in [6.07, 6.45) is 5.67. The normalized spacial score (nSPS) is 19.0. The van der Waals surface area contributed by atoms with Crippen LogP contribution >= 0.6 is 0 Å². The molecule has 1 aromatic heterocycles. The maximum absolute atomic E-state index is 6.78. The van der Waals surface area contributed by atoms with Crippen LogP contribution in [0.2, 0.25) is 0 Å². The van der Waals surface area contributed by atoms with Gasteiger partial charge in [0.25, 0.3) is 0 Å². The average molecular weight is 429 g/mol. The van der Waals surface area contributed by atoms with Gasteiger partial charge in [-0.3, -0.25) is 9.88 Å². The Labute approximate surface area is 191 Å². The Morgan fingerprint density at radius 1 is 1.09 bits per heavy atom. The summed E-state index contributed by atoms with van der Waals surface area (Å²) in [6.45, 7) is 10.7. The molecule has 4 nitrogen and oxygen atoms in total. The van der Waals surface area contributed by atoms with Crippen LogP contribution in [0.15, 0.2) is 60.9 Å². The standard InChI is InChI=1S/C28H32N2O2/c1-5-26-25-16-29-13-12-23(25)24-11-10-22(14-27(24)31-26)32-28(4,15-19(2)3)30-17-20-8-6-7-9-21(20)18-30/h6-14,16,19,26H,5,15,17-18H2,1-4H3/t26?,28-/m0/s1. The number of aromatic nitrogens is 1. The lowest BCUT2D eigenvalue weighted by atomic mass is 9.93. The van der Waals surface area contributed by atoms with E-state index in [2.05, 4.69) is 86.1 Å². The maximum Gasteiger partial charge on any atom is 0.161 e. The SMILES string of the molecule is CCC1Oc2cc(O[C@@](C)(CC(C)C)N3Cc4ccccc4C3)ccc2-c2ccncc21. The first-order chi connectivity index (χ1) is 15.5. The number of hydrogen-bond donors (Lipinski definition) is 0. The molecule has 3 heterocycles. The molecule has 2 atom stereocenters. The lowest BCUT2D eigenvalue weighted by Gasteiger charge is -2.40. The molecule has 2 aliphatic rings. The molecule has 3 aromatic rings. The Bertz CT molecular complexity index is 1100. The van der Waals surface area contributed by atoms with Crippen LogP contribution in [0.1, 0.15) is 63.3 Å². The molecule has 32 heavy (non-hydrogen) atoms. The second-order valence-electron chi connectivity index (χ2n) is 9.64. The minimum Gasteiger partial charge on any atom is -0.485 e. The quantitative estimate of drug-likeness (QED) is 0.435. The van der Waals surface area contributed by atoms with Crippen molar-refractivity contribution in [3.05, 3.63) is 77.6 Å². The highest BCUT2D eigenvalue weighted by Crippen LogP contribution is 2.45. The van der Waals surface area contributed by atoms with E-state index in [0.717, 1.165) is 48.6 Å². The van der Waals surface area contributed by atoms with Gasteiger partial charge < -0.3 is 9.47 Å². The van der Waals surface area contributed by atoms with E-state index in [1.54, 1.807) is 0 Å². The summed E-state index contributed by atoms with van der Waals surface area (Å²) < 4.78 is 13.2. The molecule has 5 rings (SSSR count). The van der Waals surface area contributed by atoms with Crippen LogP contribution in [0.25, 0.3) is 11.1 Å². The van der Waals surface area contributed by atoms with Crippen LogP contribution in [0.5, 0.6) is 11.5 Å². The van der Waals surface area contributed by atoms with E-state index in [9.17, 15) is 0 Å². The lowest BCUT2D eigenvalue weighted by Crippen LogP contribution is -2.49. The maximum atomic E-state index is 6.78. The third kappa shape index (κ3) is 3.77. The highest BCUT2D eigenvalue weighted by atomic mass is 16.5. The summed E-state index contributed by atoms with van der Waals surface area (Å²) in [4.78, 5) is 6.78. The summed E-state index contributed by atoms with van der Waals surface area (Å²) in [5, 5.41) is 0. The predicted molar refractivity (Wildman–Crippen MR) is 128 cm³/mol. The van der Waals surface area contributed by atoms with E-state index in [0.29, 0.717) is 5.92 Å². The van der Waals surface area contributed by atoms with Crippen LogP contribution in [0, 0.1) is 5.92 Å². The van der Waals surface area contributed by atoms with Crippen LogP contribution in [0.3, 0.4) is 0 Å². The molecule has 0 saturated heterocycles. The van der Waals surface area contributed by atoms with Crippen LogP contribution in [0.4, 0.5) is 0 Å². The Balaban J connectivity index is 1.46. The third-order valence-electron chi connectivity index (χ3n) is 6.72. The van der Waals surface area contributed by atoms with Gasteiger partial charge in [-0.25, -0.2) is 0 Å². The van der Waals surface area contributed by atoms with Gasteiger partial charge in [0.1, 0.15) is 17.6 Å². The molecule has 0 N–H and O–H groups in total. The van der Waals surface area contributed by atoms with Gasteiger partial charge in [-0.1, -0.05) is 45.0 Å². The smallest absolute Gasteiger partial charge is 0.161 e. The minimum atomic E-state index is -0.401. The highest BCUT2D eigenvalue weighted by Gasteiger charge is 2.38. The van der Waals surface area contributed by atoms with Crippen LogP contribution < -0.4 is 9.47 Å². The first-order valence-corrected chi connectivity index (χ1v) is 11.7. The van der Waals surface area contributed by atoms with Crippen molar-refractivity contribution >= 4 is 0 Å². The van der Waals surface area contributed by atoms with E-state index in [1.807, 2.05) is 12.4 Å². The van der Waals surface area contributed by atoms with E-state index in [4.69, 9.17) is 9.47 Å². The largest absolute Gasteiger partial charge is 0.485 e. The molecule has 166 valence electrons. The first kappa shape index (κ1) is 21.0. The number of ether oxygens (including phenoxy) is 2. The van der Waals surface area contributed by atoms with Crippen LogP contribution in [-0.4, -0.2) is 15.6 Å². The molecular formula is C28H32N2O2. The Hall–Kier alpha value is -2.85. The van der Waals surface area contributed by atoms with Gasteiger partial charge in [-0.05, 0) is 54.2 Å². The summed E-state index contributed by atoms with van der Waals surface area (Å²) in [5.41, 5.74) is 5.88. The average Bonchev–Trinajstić information content (AvgIpc) is 3.23. The minimum absolute atomic E-state index is 0.0246. The van der Waals surface area contributed by atoms with Gasteiger partial charge in [0, 0.05) is 49.1 Å². The molecule has 0 aliphatic carbocycles. The fourth-order valence-corrected chi connectivity index (χ4v) is 5.23. The van der Waals surface area contributed by atoms with Crippen molar-refractivity contribution < 1.29 is 9.47 Å². The first-order valence-electron chi connectivity index (χ1n) is 11.7. The van der Waals surface area contributed by atoms with Gasteiger partial charge >= 0.3 is 0 Å². The Morgan fingerprint density at radius 3 is 2.53 bits per heavy atom. The van der Waals surface area contributed by atoms with Crippen molar-refractivity contribution in [1.29, 1.82) is 0 Å². The lowest BCUT2D eigenvalue weighted by molar-refractivity contribution is -0.0890. The van der Waals surface area contributed by atoms with Crippen molar-refractivity contribution in [2.45, 2.75) is 65.5 Å². The number of fused-ring (bicyclic) bond motifs is 4. The molecule has 0 bridgehead atoms.